The minimum Gasteiger partial charge on any atom is -0.467 e. The van der Waals surface area contributed by atoms with Gasteiger partial charge in [0.15, 0.2) is 0 Å². The van der Waals surface area contributed by atoms with Crippen molar-refractivity contribution in [2.45, 2.75) is 44.9 Å². The van der Waals surface area contributed by atoms with Crippen LogP contribution in [0.2, 0.25) is 0 Å². The van der Waals surface area contributed by atoms with Crippen LogP contribution in [0, 0.1) is 0 Å². The summed E-state index contributed by atoms with van der Waals surface area (Å²) in [7, 11) is 3.34. The summed E-state index contributed by atoms with van der Waals surface area (Å²) in [6, 6.07) is 13.6. The van der Waals surface area contributed by atoms with Crippen molar-refractivity contribution in [1.29, 1.82) is 0 Å². The summed E-state index contributed by atoms with van der Waals surface area (Å²) in [5.74, 6) is -0.498. The highest BCUT2D eigenvalue weighted by atomic mass is 16.6. The molecule has 0 N–H and O–H groups in total. The molecule has 0 saturated carbocycles. The van der Waals surface area contributed by atoms with E-state index < -0.39 is 29.8 Å². The minimum absolute atomic E-state index is 0.188. The van der Waals surface area contributed by atoms with Crippen LogP contribution >= 0.6 is 0 Å². The molecule has 166 valence electrons. The summed E-state index contributed by atoms with van der Waals surface area (Å²) in [5, 5.41) is 4.50. The van der Waals surface area contributed by atoms with E-state index in [0.717, 1.165) is 33.4 Å². The lowest BCUT2D eigenvalue weighted by Crippen LogP contribution is -2.44. The van der Waals surface area contributed by atoms with Gasteiger partial charge in [-0.05, 0) is 31.9 Å². The number of amides is 1. The molecule has 1 fully saturated rings. The van der Waals surface area contributed by atoms with Gasteiger partial charge in [-0.3, -0.25) is 4.90 Å². The number of hydrogen-bond donors (Lipinski definition) is 0. The minimum atomic E-state index is -0.773. The summed E-state index contributed by atoms with van der Waals surface area (Å²) in [6.45, 7) is 5.54. The number of nitrogens with zero attached hydrogens (tertiary/aromatic N) is 2. The summed E-state index contributed by atoms with van der Waals surface area (Å²) in [4.78, 5) is 32.2. The molecule has 32 heavy (non-hydrogen) atoms. The second kappa shape index (κ2) is 8.33. The molecule has 1 aliphatic carbocycles. The maximum atomic E-state index is 12.7. The van der Waals surface area contributed by atoms with Crippen molar-refractivity contribution >= 4 is 31.1 Å². The molecule has 0 radical (unpaired) electrons. The van der Waals surface area contributed by atoms with Crippen LogP contribution in [0.5, 0.6) is 0 Å². The van der Waals surface area contributed by atoms with Crippen LogP contribution in [0.3, 0.4) is 0 Å². The molecule has 7 nitrogen and oxygen atoms in total. The van der Waals surface area contributed by atoms with E-state index in [9.17, 15) is 9.59 Å². The van der Waals surface area contributed by atoms with Crippen molar-refractivity contribution in [2.24, 2.45) is 5.16 Å². The molecule has 0 bridgehead atoms. The molecule has 1 heterocycles. The van der Waals surface area contributed by atoms with Crippen LogP contribution in [0.4, 0.5) is 4.79 Å². The van der Waals surface area contributed by atoms with Gasteiger partial charge in [0, 0.05) is 17.5 Å². The van der Waals surface area contributed by atoms with Crippen molar-refractivity contribution in [2.75, 3.05) is 13.7 Å². The number of benzene rings is 2. The van der Waals surface area contributed by atoms with Gasteiger partial charge in [-0.25, -0.2) is 9.59 Å². The van der Waals surface area contributed by atoms with E-state index in [1.807, 2.05) is 26.0 Å². The van der Waals surface area contributed by atoms with Crippen molar-refractivity contribution in [3.8, 4) is 11.1 Å². The van der Waals surface area contributed by atoms with Crippen LogP contribution in [0.15, 0.2) is 47.6 Å². The van der Waals surface area contributed by atoms with Gasteiger partial charge in [-0.2, -0.15) is 0 Å². The van der Waals surface area contributed by atoms with Crippen LogP contribution in [0.25, 0.3) is 11.1 Å². The molecule has 2 atom stereocenters. The largest absolute Gasteiger partial charge is 0.467 e. The third-order valence-corrected chi connectivity index (χ3v) is 5.56. The van der Waals surface area contributed by atoms with Gasteiger partial charge in [0.1, 0.15) is 31.3 Å². The zero-order valence-corrected chi connectivity index (χ0v) is 19.0. The second-order valence-electron chi connectivity index (χ2n) is 9.17. The lowest BCUT2D eigenvalue weighted by molar-refractivity contribution is -0.145. The molecule has 2 aromatic carbocycles. The first kappa shape index (κ1) is 21.9. The van der Waals surface area contributed by atoms with E-state index in [2.05, 4.69) is 29.4 Å². The van der Waals surface area contributed by atoms with Gasteiger partial charge in [0.2, 0.25) is 0 Å². The van der Waals surface area contributed by atoms with Gasteiger partial charge in [0.05, 0.1) is 13.7 Å². The quantitative estimate of drug-likeness (QED) is 0.359. The Hall–Kier alpha value is -3.29. The van der Waals surface area contributed by atoms with Gasteiger partial charge in [-0.15, -0.1) is 0 Å². The van der Waals surface area contributed by atoms with Gasteiger partial charge in [0.25, 0.3) is 0 Å². The third kappa shape index (κ3) is 4.22. The fourth-order valence-corrected chi connectivity index (χ4v) is 4.14. The fourth-order valence-electron chi connectivity index (χ4n) is 4.14. The maximum absolute atomic E-state index is 12.7. The van der Waals surface area contributed by atoms with Crippen molar-refractivity contribution in [3.05, 3.63) is 53.6 Å². The Morgan fingerprint density at radius 1 is 1.06 bits per heavy atom. The molecule has 2 aliphatic rings. The molecule has 0 spiro atoms. The van der Waals surface area contributed by atoms with Gasteiger partial charge >= 0.3 is 12.1 Å². The molecule has 0 unspecified atom stereocenters. The van der Waals surface area contributed by atoms with Gasteiger partial charge < -0.3 is 14.3 Å². The second-order valence-corrected chi connectivity index (χ2v) is 9.17. The van der Waals surface area contributed by atoms with Crippen LogP contribution < -0.4 is 5.46 Å². The van der Waals surface area contributed by atoms with Crippen molar-refractivity contribution in [1.82, 2.24) is 4.90 Å². The highest BCUT2D eigenvalue weighted by molar-refractivity contribution is 6.34. The first-order valence-corrected chi connectivity index (χ1v) is 10.7. The predicted octanol–water partition coefficient (Wildman–Crippen LogP) is 2.25. The Labute approximate surface area is 188 Å². The van der Waals surface area contributed by atoms with Crippen LogP contribution in [-0.4, -0.2) is 61.9 Å². The summed E-state index contributed by atoms with van der Waals surface area (Å²) in [5.41, 5.74) is 5.45. The summed E-state index contributed by atoms with van der Waals surface area (Å²) < 4.78 is 10.4. The highest BCUT2D eigenvalue weighted by Gasteiger charge is 2.43. The van der Waals surface area contributed by atoms with E-state index in [0.29, 0.717) is 0 Å². The Balaban J connectivity index is 1.59. The normalized spacial score (nSPS) is 20.6. The number of hydrogen-bond acceptors (Lipinski definition) is 6. The Kier molecular flexibility index (Phi) is 5.71. The molecule has 1 amide bonds. The Morgan fingerprint density at radius 3 is 2.44 bits per heavy atom. The van der Waals surface area contributed by atoms with E-state index in [-0.39, 0.29) is 13.0 Å². The average Bonchev–Trinajstić information content (AvgIpc) is 3.29. The van der Waals surface area contributed by atoms with E-state index >= 15 is 0 Å². The Bertz CT molecular complexity index is 1090. The number of likely N-dealkylation sites (tertiary alicyclic amines) is 1. The molecule has 2 aromatic rings. The van der Waals surface area contributed by atoms with Crippen LogP contribution in [-0.2, 0) is 19.1 Å². The molecule has 4 rings (SSSR count). The molecule has 1 aliphatic heterocycles. The molecular formula is C24H27BN2O5. The summed E-state index contributed by atoms with van der Waals surface area (Å²) in [6.07, 6.45) is -0.746. The smallest absolute Gasteiger partial charge is 0.411 e. The molecule has 8 heteroatoms. The molecule has 0 aromatic heterocycles. The number of fused-ring (bicyclic) bond motifs is 3. The Morgan fingerprint density at radius 2 is 1.75 bits per heavy atom. The number of ether oxygens (including phenoxy) is 2. The number of esters is 1. The number of carbonyl (C=O) groups is 2. The number of methoxy groups -OCH3 is 1. The first-order valence-electron chi connectivity index (χ1n) is 10.7. The maximum Gasteiger partial charge on any atom is 0.411 e. The first-order chi connectivity index (χ1) is 15.2. The van der Waals surface area contributed by atoms with Crippen molar-refractivity contribution < 1.29 is 23.9 Å². The van der Waals surface area contributed by atoms with Gasteiger partial charge in [-0.1, -0.05) is 53.1 Å². The van der Waals surface area contributed by atoms with E-state index in [1.54, 1.807) is 20.8 Å². The highest BCUT2D eigenvalue weighted by Crippen LogP contribution is 2.36. The SMILES string of the molecule is Bc1ccc2c(c1)/C(=N\O[C@@H]1C[C@@H](C(=O)OC)N(C(=O)OC(C)(C)C)C1)c1ccccc1-2. The lowest BCUT2D eigenvalue weighted by Gasteiger charge is -2.27. The molecule has 1 saturated heterocycles. The van der Waals surface area contributed by atoms with Crippen LogP contribution in [0.1, 0.15) is 38.3 Å². The monoisotopic (exact) mass is 434 g/mol. The number of rotatable bonds is 3. The van der Waals surface area contributed by atoms with E-state index in [1.165, 1.54) is 12.0 Å². The number of carbonyl (C=O) groups excluding carboxylic acids is 2. The number of oxime groups is 1. The standard InChI is InChI=1S/C24H27BN2O5/c1-24(2,3)31-23(29)27-13-15(12-20(27)22(28)30-4)32-26-21-18-8-6-5-7-16(18)17-10-9-14(25)11-19(17)21/h5-11,15,20H,12-13,25H2,1-4H3/b26-21-/t15-,20+/m1/s1. The predicted molar refractivity (Wildman–Crippen MR) is 124 cm³/mol. The topological polar surface area (TPSA) is 77.4 Å². The fraction of sp³-hybridized carbons (Fsp3) is 0.375. The van der Waals surface area contributed by atoms with Crippen molar-refractivity contribution in [3.63, 3.8) is 0 Å². The van der Waals surface area contributed by atoms with E-state index in [4.69, 9.17) is 14.3 Å². The molecular weight excluding hydrogens is 407 g/mol. The average molecular weight is 434 g/mol. The third-order valence-electron chi connectivity index (χ3n) is 5.56. The zero-order chi connectivity index (χ0) is 23.0. The summed E-state index contributed by atoms with van der Waals surface area (Å²) >= 11 is 0. The zero-order valence-electron chi connectivity index (χ0n) is 19.0. The lowest BCUT2D eigenvalue weighted by atomic mass is 9.92.